The Morgan fingerprint density at radius 1 is 1.44 bits per heavy atom. The summed E-state index contributed by atoms with van der Waals surface area (Å²) in [5.74, 6) is 1.52. The van der Waals surface area contributed by atoms with Gasteiger partial charge in [0.05, 0.1) is 6.54 Å². The first-order chi connectivity index (χ1) is 8.56. The molecule has 1 aromatic rings. The van der Waals surface area contributed by atoms with Gasteiger partial charge in [-0.1, -0.05) is 13.8 Å². The van der Waals surface area contributed by atoms with E-state index in [4.69, 9.17) is 0 Å². The van der Waals surface area contributed by atoms with Crippen molar-refractivity contribution < 1.29 is 4.79 Å². The van der Waals surface area contributed by atoms with E-state index in [0.717, 1.165) is 29.1 Å². The Morgan fingerprint density at radius 3 is 2.78 bits per heavy atom. The van der Waals surface area contributed by atoms with E-state index >= 15 is 0 Å². The molecule has 0 aliphatic rings. The van der Waals surface area contributed by atoms with Crippen molar-refractivity contribution in [2.75, 3.05) is 25.0 Å². The monoisotopic (exact) mass is 314 g/mol. The number of aryl methyl sites for hydroxylation is 1. The van der Waals surface area contributed by atoms with Crippen molar-refractivity contribution in [1.29, 1.82) is 0 Å². The summed E-state index contributed by atoms with van der Waals surface area (Å²) >= 11 is 3.35. The molecule has 100 valence electrons. The molecule has 0 aliphatic carbocycles. The van der Waals surface area contributed by atoms with Crippen LogP contribution >= 0.6 is 15.9 Å². The Morgan fingerprint density at radius 2 is 2.17 bits per heavy atom. The lowest BCUT2D eigenvalue weighted by atomic mass is 10.4. The molecule has 18 heavy (non-hydrogen) atoms. The fraction of sp³-hybridized carbons (Fsp3) is 0.583. The molecular weight excluding hydrogens is 296 g/mol. The molecule has 6 heteroatoms. The number of aromatic nitrogens is 2. The largest absolute Gasteiger partial charge is 0.355 e. The SMILES string of the molecule is CCCNC(=O)CN(C)c1cc(Br)nc(CC)n1. The predicted molar refractivity (Wildman–Crippen MR) is 75.7 cm³/mol. The lowest BCUT2D eigenvalue weighted by Gasteiger charge is -2.18. The topological polar surface area (TPSA) is 58.1 Å². The maximum Gasteiger partial charge on any atom is 0.239 e. The predicted octanol–water partition coefficient (Wildman–Crippen LogP) is 1.76. The summed E-state index contributed by atoms with van der Waals surface area (Å²) < 4.78 is 0.741. The molecule has 0 bridgehead atoms. The lowest BCUT2D eigenvalue weighted by molar-refractivity contribution is -0.119. The highest BCUT2D eigenvalue weighted by atomic mass is 79.9. The van der Waals surface area contributed by atoms with Crippen molar-refractivity contribution in [1.82, 2.24) is 15.3 Å². The number of amides is 1. The number of nitrogens with zero attached hydrogens (tertiary/aromatic N) is 3. The molecule has 0 radical (unpaired) electrons. The van der Waals surface area contributed by atoms with E-state index in [1.807, 2.05) is 31.9 Å². The smallest absolute Gasteiger partial charge is 0.239 e. The van der Waals surface area contributed by atoms with Crippen molar-refractivity contribution in [2.45, 2.75) is 26.7 Å². The van der Waals surface area contributed by atoms with Crippen LogP contribution in [-0.2, 0) is 11.2 Å². The van der Waals surface area contributed by atoms with E-state index in [1.54, 1.807) is 0 Å². The molecule has 1 heterocycles. The average Bonchev–Trinajstić information content (AvgIpc) is 2.35. The second-order valence-electron chi connectivity index (χ2n) is 4.02. The minimum atomic E-state index is 0.00660. The van der Waals surface area contributed by atoms with Crippen LogP contribution in [0.5, 0.6) is 0 Å². The summed E-state index contributed by atoms with van der Waals surface area (Å²) in [6, 6.07) is 1.81. The standard InChI is InChI=1S/C12H19BrN4O/c1-4-6-14-12(18)8-17(3)11-7-9(13)15-10(5-2)16-11/h7H,4-6,8H2,1-3H3,(H,14,18). The van der Waals surface area contributed by atoms with Gasteiger partial charge in [0.2, 0.25) is 5.91 Å². The Labute approximate surface area is 116 Å². The molecule has 0 saturated carbocycles. The third kappa shape index (κ3) is 4.60. The van der Waals surface area contributed by atoms with Gasteiger partial charge in [0.25, 0.3) is 0 Å². The highest BCUT2D eigenvalue weighted by molar-refractivity contribution is 9.10. The van der Waals surface area contributed by atoms with Crippen LogP contribution in [0, 0.1) is 0 Å². The van der Waals surface area contributed by atoms with E-state index in [9.17, 15) is 4.79 Å². The van der Waals surface area contributed by atoms with E-state index in [-0.39, 0.29) is 5.91 Å². The highest BCUT2D eigenvalue weighted by Gasteiger charge is 2.10. The first kappa shape index (κ1) is 14.9. The van der Waals surface area contributed by atoms with Gasteiger partial charge in [-0.2, -0.15) is 0 Å². The Kier molecular flexibility index (Phi) is 6.04. The number of hydrogen-bond donors (Lipinski definition) is 1. The number of hydrogen-bond acceptors (Lipinski definition) is 4. The molecule has 0 spiro atoms. The molecule has 0 aliphatic heterocycles. The first-order valence-corrected chi connectivity index (χ1v) is 6.87. The molecule has 0 aromatic carbocycles. The molecular formula is C12H19BrN4O. The molecule has 0 saturated heterocycles. The van der Waals surface area contributed by atoms with Crippen LogP contribution in [0.1, 0.15) is 26.1 Å². The lowest BCUT2D eigenvalue weighted by Crippen LogP contribution is -2.36. The number of rotatable bonds is 6. The molecule has 0 atom stereocenters. The molecule has 1 aromatic heterocycles. The second kappa shape index (κ2) is 7.31. The zero-order chi connectivity index (χ0) is 13.5. The van der Waals surface area contributed by atoms with Crippen molar-refractivity contribution in [2.24, 2.45) is 0 Å². The van der Waals surface area contributed by atoms with Crippen molar-refractivity contribution in [3.05, 3.63) is 16.5 Å². The Balaban J connectivity index is 2.68. The fourth-order valence-electron chi connectivity index (χ4n) is 1.42. The van der Waals surface area contributed by atoms with E-state index in [2.05, 4.69) is 31.2 Å². The van der Waals surface area contributed by atoms with Gasteiger partial charge in [0, 0.05) is 26.1 Å². The maximum absolute atomic E-state index is 11.6. The molecule has 1 rings (SSSR count). The summed E-state index contributed by atoms with van der Waals surface area (Å²) in [5.41, 5.74) is 0. The number of nitrogens with one attached hydrogen (secondary N) is 1. The van der Waals surface area contributed by atoms with Crippen LogP contribution in [0.25, 0.3) is 0 Å². The maximum atomic E-state index is 11.6. The van der Waals surface area contributed by atoms with Crippen LogP contribution < -0.4 is 10.2 Å². The van der Waals surface area contributed by atoms with Gasteiger partial charge < -0.3 is 10.2 Å². The molecule has 0 unspecified atom stereocenters. The van der Waals surface area contributed by atoms with Crippen LogP contribution in [-0.4, -0.2) is 36.0 Å². The van der Waals surface area contributed by atoms with Gasteiger partial charge in [-0.25, -0.2) is 9.97 Å². The van der Waals surface area contributed by atoms with Gasteiger partial charge in [-0.3, -0.25) is 4.79 Å². The number of anilines is 1. The third-order valence-electron chi connectivity index (χ3n) is 2.39. The second-order valence-corrected chi connectivity index (χ2v) is 4.84. The van der Waals surface area contributed by atoms with Crippen LogP contribution in [0.2, 0.25) is 0 Å². The number of carbonyl (C=O) groups is 1. The average molecular weight is 315 g/mol. The summed E-state index contributed by atoms with van der Waals surface area (Å²) in [6.07, 6.45) is 1.71. The zero-order valence-electron chi connectivity index (χ0n) is 11.0. The fourth-order valence-corrected chi connectivity index (χ4v) is 1.83. The van der Waals surface area contributed by atoms with Gasteiger partial charge in [0.1, 0.15) is 16.2 Å². The van der Waals surface area contributed by atoms with Gasteiger partial charge in [-0.05, 0) is 22.4 Å². The van der Waals surface area contributed by atoms with Gasteiger partial charge in [0.15, 0.2) is 0 Å². The van der Waals surface area contributed by atoms with Gasteiger partial charge in [-0.15, -0.1) is 0 Å². The van der Waals surface area contributed by atoms with Gasteiger partial charge >= 0.3 is 0 Å². The summed E-state index contributed by atoms with van der Waals surface area (Å²) in [5, 5.41) is 2.84. The van der Waals surface area contributed by atoms with Crippen molar-refractivity contribution in [3.63, 3.8) is 0 Å². The van der Waals surface area contributed by atoms with Crippen LogP contribution in [0.3, 0.4) is 0 Å². The Bertz CT molecular complexity index is 411. The molecule has 1 amide bonds. The molecule has 5 nitrogen and oxygen atoms in total. The number of carbonyl (C=O) groups excluding carboxylic acids is 1. The summed E-state index contributed by atoms with van der Waals surface area (Å²) in [7, 11) is 1.85. The number of halogens is 1. The van der Waals surface area contributed by atoms with E-state index < -0.39 is 0 Å². The third-order valence-corrected chi connectivity index (χ3v) is 2.79. The summed E-state index contributed by atoms with van der Waals surface area (Å²) in [6.45, 7) is 5.03. The molecule has 1 N–H and O–H groups in total. The van der Waals surface area contributed by atoms with Crippen LogP contribution in [0.15, 0.2) is 10.7 Å². The summed E-state index contributed by atoms with van der Waals surface area (Å²) in [4.78, 5) is 22.1. The minimum absolute atomic E-state index is 0.00660. The first-order valence-electron chi connectivity index (χ1n) is 6.08. The van der Waals surface area contributed by atoms with Crippen molar-refractivity contribution >= 4 is 27.7 Å². The number of likely N-dealkylation sites (N-methyl/N-ethyl adjacent to an activating group) is 1. The highest BCUT2D eigenvalue weighted by Crippen LogP contribution is 2.15. The van der Waals surface area contributed by atoms with E-state index in [0.29, 0.717) is 13.1 Å². The minimum Gasteiger partial charge on any atom is -0.355 e. The van der Waals surface area contributed by atoms with Crippen LogP contribution in [0.4, 0.5) is 5.82 Å². The zero-order valence-corrected chi connectivity index (χ0v) is 12.6. The van der Waals surface area contributed by atoms with E-state index in [1.165, 1.54) is 0 Å². The van der Waals surface area contributed by atoms with Crippen molar-refractivity contribution in [3.8, 4) is 0 Å². The normalized spacial score (nSPS) is 10.2. The molecule has 0 fully saturated rings. The quantitative estimate of drug-likeness (QED) is 0.813. The Hall–Kier alpha value is -1.17.